The van der Waals surface area contributed by atoms with Crippen LogP contribution >= 0.6 is 0 Å². The van der Waals surface area contributed by atoms with Crippen molar-refractivity contribution < 1.29 is 42.9 Å². The number of aliphatic hydroxyl groups excluding tert-OH is 1. The van der Waals surface area contributed by atoms with Crippen LogP contribution in [0.1, 0.15) is 116 Å². The van der Waals surface area contributed by atoms with Gasteiger partial charge in [-0.25, -0.2) is 4.79 Å². The molecule has 11 heteroatoms. The Kier molecular flexibility index (Phi) is 8.23. The van der Waals surface area contributed by atoms with Crippen LogP contribution in [0.2, 0.25) is 0 Å². The van der Waals surface area contributed by atoms with Crippen LogP contribution in [0.3, 0.4) is 0 Å². The van der Waals surface area contributed by atoms with Crippen LogP contribution in [0.4, 0.5) is 0 Å². The van der Waals surface area contributed by atoms with Crippen molar-refractivity contribution in [3.05, 3.63) is 23.7 Å². The smallest absolute Gasteiger partial charge is 0.339 e. The number of cyclic esters (lactones) is 2. The minimum Gasteiger partial charge on any atom is -0.469 e. The summed E-state index contributed by atoms with van der Waals surface area (Å²) in [6.45, 7) is 12.5. The summed E-state index contributed by atoms with van der Waals surface area (Å²) in [6.07, 6.45) is 7.97. The summed E-state index contributed by atoms with van der Waals surface area (Å²) in [6, 6.07) is 2.49. The molecule has 3 N–H and O–H groups in total. The van der Waals surface area contributed by atoms with Gasteiger partial charge in [-0.05, 0) is 75.7 Å². The number of carbonyl (C=O) groups is 3. The lowest BCUT2D eigenvalue weighted by Gasteiger charge is -2.68. The lowest BCUT2D eigenvalue weighted by molar-refractivity contribution is -0.266. The Morgan fingerprint density at radius 2 is 1.81 bits per heavy atom. The Bertz CT molecular complexity index is 1620. The average molecular weight is 723 g/mol. The highest BCUT2D eigenvalue weighted by atomic mass is 16.7. The van der Waals surface area contributed by atoms with Crippen LogP contribution in [-0.4, -0.2) is 78.2 Å². The van der Waals surface area contributed by atoms with E-state index in [1.54, 1.807) is 6.26 Å². The number of rotatable bonds is 11. The van der Waals surface area contributed by atoms with Gasteiger partial charge in [0.15, 0.2) is 11.9 Å². The quantitative estimate of drug-likeness (QED) is 0.165. The predicted molar refractivity (Wildman–Crippen MR) is 188 cm³/mol. The standard InChI is InChI=1S/C41H58N2O9/c1-22(2)14-16-38(4)30-28(44)31(45)39(5)29-23(12-13-26-33(51-38)40(29,30)20-49-35(26)46)18-37(3)32(50-36(47)34-41(37,39)52-34)25-15-17-48-27(25)11-9-7-6-8-10-24-19-42-21-43-24/h15,17,22-24,26,29-34,42-43,45H,6-14,16,18-21H2,1-5H3. The average Bonchev–Trinajstić information content (AvgIpc) is 3.35. The van der Waals surface area contributed by atoms with E-state index in [4.69, 9.17) is 23.4 Å². The van der Waals surface area contributed by atoms with Crippen molar-refractivity contribution in [2.24, 2.45) is 45.8 Å². The number of aryl methyl sites for hydroxylation is 1. The molecule has 14 unspecified atom stereocenters. The molecular weight excluding hydrogens is 664 g/mol. The highest BCUT2D eigenvalue weighted by Gasteiger charge is 2.92. The Balaban J connectivity index is 1.07. The Labute approximate surface area is 307 Å². The van der Waals surface area contributed by atoms with Crippen LogP contribution in [0.15, 0.2) is 16.7 Å². The third kappa shape index (κ3) is 4.52. The molecule has 0 radical (unpaired) electrons. The molecule has 9 rings (SSSR count). The third-order valence-electron chi connectivity index (χ3n) is 15.7. The molecule has 8 aliphatic rings. The van der Waals surface area contributed by atoms with E-state index in [9.17, 15) is 14.7 Å². The number of epoxide rings is 1. The highest BCUT2D eigenvalue weighted by molar-refractivity contribution is 5.92. The maximum absolute atomic E-state index is 15.1. The molecule has 8 fully saturated rings. The monoisotopic (exact) mass is 722 g/mol. The van der Waals surface area contributed by atoms with Crippen molar-refractivity contribution >= 4 is 17.7 Å². The van der Waals surface area contributed by atoms with Gasteiger partial charge in [-0.2, -0.15) is 0 Å². The van der Waals surface area contributed by atoms with Crippen LogP contribution in [0.5, 0.6) is 0 Å². The zero-order valence-electron chi connectivity index (χ0n) is 31.5. The van der Waals surface area contributed by atoms with Gasteiger partial charge in [0.05, 0.1) is 29.8 Å². The number of Topliss-reactive ketones (excluding diaryl/α,β-unsaturated/α-hetero) is 1. The number of nitrogens with one attached hydrogen (secondary N) is 2. The first-order valence-corrected chi connectivity index (χ1v) is 20.3. The van der Waals surface area contributed by atoms with E-state index >= 15 is 4.79 Å². The lowest BCUT2D eigenvalue weighted by Crippen LogP contribution is -2.78. The number of furan rings is 1. The summed E-state index contributed by atoms with van der Waals surface area (Å²) in [5, 5.41) is 19.5. The molecule has 3 saturated carbocycles. The van der Waals surface area contributed by atoms with Crippen LogP contribution in [0, 0.1) is 45.8 Å². The van der Waals surface area contributed by atoms with Gasteiger partial charge in [-0.15, -0.1) is 0 Å². The first kappa shape index (κ1) is 35.4. The summed E-state index contributed by atoms with van der Waals surface area (Å²) in [7, 11) is 0. The molecule has 5 aliphatic heterocycles. The van der Waals surface area contributed by atoms with Crippen LogP contribution in [-0.2, 0) is 39.8 Å². The maximum Gasteiger partial charge on any atom is 0.339 e. The minimum absolute atomic E-state index is 0.00739. The fourth-order valence-electron chi connectivity index (χ4n) is 13.7. The van der Waals surface area contributed by atoms with E-state index in [1.807, 2.05) is 19.9 Å². The number of ketones is 1. The van der Waals surface area contributed by atoms with Gasteiger partial charge in [0.1, 0.15) is 30.2 Å². The molecule has 3 aliphatic carbocycles. The zero-order chi connectivity index (χ0) is 36.4. The van der Waals surface area contributed by atoms with Gasteiger partial charge in [-0.1, -0.05) is 47.0 Å². The molecule has 2 bridgehead atoms. The van der Waals surface area contributed by atoms with Crippen LogP contribution < -0.4 is 10.6 Å². The van der Waals surface area contributed by atoms with Gasteiger partial charge < -0.3 is 39.1 Å². The molecule has 0 amide bonds. The van der Waals surface area contributed by atoms with E-state index in [0.29, 0.717) is 31.2 Å². The predicted octanol–water partition coefficient (Wildman–Crippen LogP) is 4.78. The number of aliphatic hydroxyl groups is 1. The van der Waals surface area contributed by atoms with Crippen LogP contribution in [0.25, 0.3) is 0 Å². The maximum atomic E-state index is 15.1. The molecule has 0 aromatic carbocycles. The van der Waals surface area contributed by atoms with Crippen molar-refractivity contribution in [3.8, 4) is 0 Å². The summed E-state index contributed by atoms with van der Waals surface area (Å²) in [5.74, 6) is -1.14. The molecular formula is C41H58N2O9. The molecule has 1 aromatic rings. The van der Waals surface area contributed by atoms with E-state index in [-0.39, 0.29) is 30.2 Å². The molecule has 14 atom stereocenters. The normalized spacial score (nSPS) is 48.4. The zero-order valence-corrected chi connectivity index (χ0v) is 31.5. The second kappa shape index (κ2) is 12.1. The molecule has 5 saturated heterocycles. The molecule has 1 aromatic heterocycles. The largest absolute Gasteiger partial charge is 0.469 e. The molecule has 6 heterocycles. The van der Waals surface area contributed by atoms with Crippen molar-refractivity contribution in [3.63, 3.8) is 0 Å². The number of esters is 2. The van der Waals surface area contributed by atoms with Crippen molar-refractivity contribution in [2.45, 2.75) is 147 Å². The number of unbranched alkanes of at least 4 members (excludes halogenated alkanes) is 3. The lowest BCUT2D eigenvalue weighted by atomic mass is 9.34. The fraction of sp³-hybridized carbons (Fsp3) is 0.829. The summed E-state index contributed by atoms with van der Waals surface area (Å²) < 4.78 is 32.4. The Morgan fingerprint density at radius 1 is 1.00 bits per heavy atom. The second-order valence-electron chi connectivity index (χ2n) is 18.9. The van der Waals surface area contributed by atoms with Gasteiger partial charge in [0, 0.05) is 47.5 Å². The first-order chi connectivity index (χ1) is 24.8. The number of carbonyl (C=O) groups excluding carboxylic acids is 3. The molecule has 286 valence electrons. The Hall–Kier alpha value is -2.31. The summed E-state index contributed by atoms with van der Waals surface area (Å²) >= 11 is 0. The van der Waals surface area contributed by atoms with Crippen molar-refractivity contribution in [1.29, 1.82) is 0 Å². The van der Waals surface area contributed by atoms with Gasteiger partial charge in [0.2, 0.25) is 0 Å². The third-order valence-corrected chi connectivity index (χ3v) is 15.7. The van der Waals surface area contributed by atoms with Gasteiger partial charge in [-0.3, -0.25) is 9.59 Å². The number of hydrogen-bond acceptors (Lipinski definition) is 11. The van der Waals surface area contributed by atoms with Gasteiger partial charge in [0.25, 0.3) is 0 Å². The minimum atomic E-state index is -1.39. The highest BCUT2D eigenvalue weighted by Crippen LogP contribution is 2.82. The topological polar surface area (TPSA) is 149 Å². The molecule has 2 spiro atoms. The summed E-state index contributed by atoms with van der Waals surface area (Å²) in [5.41, 5.74) is -3.91. The van der Waals surface area contributed by atoms with E-state index in [1.165, 1.54) is 12.8 Å². The van der Waals surface area contributed by atoms with E-state index in [2.05, 4.69) is 31.4 Å². The van der Waals surface area contributed by atoms with E-state index < -0.39 is 69.7 Å². The number of ether oxygens (including phenoxy) is 4. The fourth-order valence-corrected chi connectivity index (χ4v) is 13.7. The molecule has 52 heavy (non-hydrogen) atoms. The second-order valence-corrected chi connectivity index (χ2v) is 18.9. The van der Waals surface area contributed by atoms with Gasteiger partial charge >= 0.3 is 11.9 Å². The van der Waals surface area contributed by atoms with E-state index in [0.717, 1.165) is 63.1 Å². The van der Waals surface area contributed by atoms with Crippen molar-refractivity contribution in [2.75, 3.05) is 19.8 Å². The van der Waals surface area contributed by atoms with Crippen molar-refractivity contribution in [1.82, 2.24) is 10.6 Å². The molecule has 11 nitrogen and oxygen atoms in total. The SMILES string of the molecule is CC(C)CCC1(C)OC2C3CCC4CC5(C)C(c6ccoc6CCCCCCC6CNCN6)OC(=O)C6OC65C5(C)C(O)C(=O)C1C2(COC3=O)C45. The Morgan fingerprint density at radius 3 is 2.58 bits per heavy atom. The first-order valence-electron chi connectivity index (χ1n) is 20.3. The summed E-state index contributed by atoms with van der Waals surface area (Å²) in [4.78, 5) is 42.6. The number of hydrogen-bond donors (Lipinski definition) is 3.